The van der Waals surface area contributed by atoms with E-state index in [0.29, 0.717) is 11.4 Å². The fourth-order valence-corrected chi connectivity index (χ4v) is 4.79. The summed E-state index contributed by atoms with van der Waals surface area (Å²) in [5, 5.41) is 10.4. The molecule has 24 heavy (non-hydrogen) atoms. The van der Waals surface area contributed by atoms with Crippen molar-refractivity contribution in [1.82, 2.24) is 4.57 Å². The Morgan fingerprint density at radius 3 is 2.83 bits per heavy atom. The Morgan fingerprint density at radius 2 is 2.12 bits per heavy atom. The summed E-state index contributed by atoms with van der Waals surface area (Å²) in [5.74, 6) is 1.99. The first-order valence-corrected chi connectivity index (χ1v) is 9.71. The Balaban J connectivity index is 2.25. The Hall–Kier alpha value is -1.47. The van der Waals surface area contributed by atoms with Crippen LogP contribution in [0.2, 0.25) is 0 Å². The van der Waals surface area contributed by atoms with Gasteiger partial charge >= 0.3 is 12.1 Å². The van der Waals surface area contributed by atoms with Crippen molar-refractivity contribution in [1.29, 1.82) is 0 Å². The van der Waals surface area contributed by atoms with E-state index >= 15 is 0 Å². The normalized spacial score (nSPS) is 18.3. The number of methoxy groups -OCH3 is 1. The molecule has 0 radical (unpaired) electrons. The minimum Gasteiger partial charge on any atom is -0.465 e. The molecule has 5 nitrogen and oxygen atoms in total. The van der Waals surface area contributed by atoms with Gasteiger partial charge in [0.15, 0.2) is 0 Å². The van der Waals surface area contributed by atoms with E-state index in [-0.39, 0.29) is 5.56 Å². The van der Waals surface area contributed by atoms with Gasteiger partial charge in [-0.3, -0.25) is 4.57 Å². The van der Waals surface area contributed by atoms with Gasteiger partial charge in [-0.05, 0) is 54.4 Å². The first-order chi connectivity index (χ1) is 11.5. The highest BCUT2D eigenvalue weighted by Gasteiger charge is 2.25. The average Bonchev–Trinajstić information content (AvgIpc) is 2.75. The number of carbonyl (C=O) groups excluding carboxylic acids is 1. The number of thioether (sulfide) groups is 1. The van der Waals surface area contributed by atoms with Gasteiger partial charge in [-0.2, -0.15) is 11.8 Å². The molecular weight excluding hydrogens is 394 g/mol. The molecule has 0 saturated carbocycles. The van der Waals surface area contributed by atoms with Gasteiger partial charge in [-0.15, -0.1) is 0 Å². The number of ether oxygens (including phenoxy) is 1. The molecule has 0 aliphatic carbocycles. The lowest BCUT2D eigenvalue weighted by Crippen LogP contribution is -2.10. The molecule has 1 aliphatic heterocycles. The van der Waals surface area contributed by atoms with Gasteiger partial charge in [-0.1, -0.05) is 15.9 Å². The van der Waals surface area contributed by atoms with Crippen LogP contribution >= 0.6 is 27.7 Å². The number of nitrogens with zero attached hydrogens (tertiary/aromatic N) is 1. The molecule has 0 bridgehead atoms. The number of esters is 1. The lowest BCUT2D eigenvalue weighted by molar-refractivity contribution is 0.0602. The molecule has 1 aromatic heterocycles. The third kappa shape index (κ3) is 3.19. The number of carbonyl (C=O) groups is 2. The summed E-state index contributed by atoms with van der Waals surface area (Å²) in [7, 11) is 1.30. The summed E-state index contributed by atoms with van der Waals surface area (Å²) >= 11 is 5.37. The molecule has 1 aliphatic rings. The zero-order valence-corrected chi connectivity index (χ0v) is 15.7. The molecule has 2 heterocycles. The summed E-state index contributed by atoms with van der Waals surface area (Å²) in [5.41, 5.74) is 1.67. The molecule has 128 valence electrons. The maximum Gasteiger partial charge on any atom is 0.416 e. The van der Waals surface area contributed by atoms with Crippen LogP contribution in [-0.2, 0) is 4.74 Å². The van der Waals surface area contributed by atoms with Crippen LogP contribution in [-0.4, -0.2) is 40.4 Å². The Bertz CT molecular complexity index is 793. The quantitative estimate of drug-likeness (QED) is 0.724. The van der Waals surface area contributed by atoms with Crippen molar-refractivity contribution < 1.29 is 19.4 Å². The van der Waals surface area contributed by atoms with Crippen LogP contribution in [0.15, 0.2) is 22.8 Å². The number of halogens is 1. The van der Waals surface area contributed by atoms with E-state index in [1.165, 1.54) is 7.11 Å². The van der Waals surface area contributed by atoms with Crippen LogP contribution in [0, 0.1) is 0 Å². The highest BCUT2D eigenvalue weighted by Crippen LogP contribution is 2.38. The minimum atomic E-state index is -1.10. The lowest BCUT2D eigenvalue weighted by Gasteiger charge is -2.13. The number of hydrogen-bond acceptors (Lipinski definition) is 4. The Labute approximate surface area is 152 Å². The van der Waals surface area contributed by atoms with Crippen LogP contribution in [0.1, 0.15) is 41.1 Å². The number of hydrogen-bond donors (Lipinski definition) is 1. The molecule has 2 aromatic rings. The minimum absolute atomic E-state index is 0.263. The van der Waals surface area contributed by atoms with Gasteiger partial charge in [0.25, 0.3) is 0 Å². The van der Waals surface area contributed by atoms with E-state index in [2.05, 4.69) is 15.9 Å². The van der Waals surface area contributed by atoms with Crippen molar-refractivity contribution in [3.8, 4) is 0 Å². The predicted molar refractivity (Wildman–Crippen MR) is 98.3 cm³/mol. The SMILES string of the molecule is COC(=O)c1cc(Br)cc2c(C3CCCSCC3)cn(C(=O)O)c12. The van der Waals surface area contributed by atoms with Gasteiger partial charge in [0.2, 0.25) is 0 Å². The molecule has 1 atom stereocenters. The molecule has 1 N–H and O–H groups in total. The summed E-state index contributed by atoms with van der Waals surface area (Å²) in [4.78, 5) is 23.9. The Kier molecular flexibility index (Phi) is 5.20. The third-order valence-corrected chi connectivity index (χ3v) is 5.96. The lowest BCUT2D eigenvalue weighted by atomic mass is 9.91. The van der Waals surface area contributed by atoms with E-state index in [9.17, 15) is 14.7 Å². The van der Waals surface area contributed by atoms with E-state index in [1.54, 1.807) is 12.3 Å². The zero-order chi connectivity index (χ0) is 17.3. The van der Waals surface area contributed by atoms with Gasteiger partial charge < -0.3 is 9.84 Å². The number of rotatable bonds is 2. The van der Waals surface area contributed by atoms with Gasteiger partial charge in [0.05, 0.1) is 18.2 Å². The Morgan fingerprint density at radius 1 is 1.33 bits per heavy atom. The molecule has 0 spiro atoms. The second-order valence-electron chi connectivity index (χ2n) is 5.82. The average molecular weight is 412 g/mol. The maximum atomic E-state index is 12.1. The van der Waals surface area contributed by atoms with Crippen molar-refractivity contribution in [2.24, 2.45) is 0 Å². The summed E-state index contributed by atoms with van der Waals surface area (Å²) in [6.45, 7) is 0. The number of fused-ring (bicyclic) bond motifs is 1. The van der Waals surface area contributed by atoms with Crippen LogP contribution in [0.5, 0.6) is 0 Å². The summed E-state index contributed by atoms with van der Waals surface area (Å²) in [6, 6.07) is 3.51. The standard InChI is InChI=1S/C17H18BrNO4S/c1-23-16(20)13-8-11(18)7-12-14(9-19(15(12)13)17(21)22)10-3-2-5-24-6-4-10/h7-10H,2-6H2,1H3,(H,21,22). The molecule has 1 fully saturated rings. The highest BCUT2D eigenvalue weighted by atomic mass is 79.9. The topological polar surface area (TPSA) is 68.5 Å². The van der Waals surface area contributed by atoms with Gasteiger partial charge in [0, 0.05) is 16.1 Å². The fraction of sp³-hybridized carbons (Fsp3) is 0.412. The highest BCUT2D eigenvalue weighted by molar-refractivity contribution is 9.10. The molecule has 7 heteroatoms. The number of aromatic nitrogens is 1. The van der Waals surface area contributed by atoms with E-state index in [0.717, 1.165) is 50.8 Å². The van der Waals surface area contributed by atoms with Crippen molar-refractivity contribution in [2.45, 2.75) is 25.2 Å². The van der Waals surface area contributed by atoms with E-state index < -0.39 is 12.1 Å². The van der Waals surface area contributed by atoms with Crippen LogP contribution in [0.25, 0.3) is 10.9 Å². The fourth-order valence-electron chi connectivity index (χ4n) is 3.31. The van der Waals surface area contributed by atoms with E-state index in [4.69, 9.17) is 4.74 Å². The summed E-state index contributed by atoms with van der Waals surface area (Å²) < 4.78 is 6.73. The van der Waals surface area contributed by atoms with E-state index in [1.807, 2.05) is 17.8 Å². The van der Waals surface area contributed by atoms with Gasteiger partial charge in [-0.25, -0.2) is 9.59 Å². The number of carboxylic acid groups (broad SMARTS) is 1. The van der Waals surface area contributed by atoms with Crippen molar-refractivity contribution in [2.75, 3.05) is 18.6 Å². The second kappa shape index (κ2) is 7.19. The van der Waals surface area contributed by atoms with Crippen LogP contribution < -0.4 is 0 Å². The first-order valence-electron chi connectivity index (χ1n) is 7.76. The molecule has 1 unspecified atom stereocenters. The molecule has 1 aromatic carbocycles. The van der Waals surface area contributed by atoms with Crippen LogP contribution in [0.3, 0.4) is 0 Å². The zero-order valence-electron chi connectivity index (χ0n) is 13.3. The molecular formula is C17H18BrNO4S. The largest absolute Gasteiger partial charge is 0.465 e. The number of benzene rings is 1. The van der Waals surface area contributed by atoms with Crippen LogP contribution in [0.4, 0.5) is 4.79 Å². The van der Waals surface area contributed by atoms with Crippen molar-refractivity contribution >= 4 is 50.7 Å². The summed E-state index contributed by atoms with van der Waals surface area (Å²) in [6.07, 6.45) is 3.75. The van der Waals surface area contributed by atoms with Crippen molar-refractivity contribution in [3.63, 3.8) is 0 Å². The third-order valence-electron chi connectivity index (χ3n) is 4.40. The maximum absolute atomic E-state index is 12.1. The molecule has 0 amide bonds. The second-order valence-corrected chi connectivity index (χ2v) is 7.96. The molecule has 1 saturated heterocycles. The predicted octanol–water partition coefficient (Wildman–Crippen LogP) is 4.72. The monoisotopic (exact) mass is 411 g/mol. The van der Waals surface area contributed by atoms with Gasteiger partial charge in [0.1, 0.15) is 0 Å². The molecule has 3 rings (SSSR count). The first kappa shape index (κ1) is 17.4. The van der Waals surface area contributed by atoms with Crippen molar-refractivity contribution in [3.05, 3.63) is 33.9 Å². The smallest absolute Gasteiger partial charge is 0.416 e.